The van der Waals surface area contributed by atoms with Gasteiger partial charge >= 0.3 is 0 Å². The van der Waals surface area contributed by atoms with Gasteiger partial charge in [0, 0.05) is 31.2 Å². The summed E-state index contributed by atoms with van der Waals surface area (Å²) in [6.07, 6.45) is 6.41. The van der Waals surface area contributed by atoms with E-state index in [0.717, 1.165) is 30.4 Å². The summed E-state index contributed by atoms with van der Waals surface area (Å²) in [5.74, 6) is 1.70. The Balaban J connectivity index is 0.00000225. The lowest BCUT2D eigenvalue weighted by Crippen LogP contribution is -2.56. The molecule has 1 unspecified atom stereocenters. The molecule has 2 aliphatic carbocycles. The quantitative estimate of drug-likeness (QED) is 0.663. The Hall–Kier alpha value is -0.810. The fourth-order valence-electron chi connectivity index (χ4n) is 3.67. The SMILES string of the molecule is COCc1cccc(OCC2(CNC(C)(CN)C3CC3)CCC2)c1.Cl. The first kappa shape index (κ1) is 20.5. The van der Waals surface area contributed by atoms with Gasteiger partial charge in [-0.25, -0.2) is 0 Å². The zero-order valence-corrected chi connectivity index (χ0v) is 16.4. The minimum absolute atomic E-state index is 0. The van der Waals surface area contributed by atoms with Gasteiger partial charge in [-0.3, -0.25) is 0 Å². The van der Waals surface area contributed by atoms with E-state index in [9.17, 15) is 0 Å². The van der Waals surface area contributed by atoms with Crippen LogP contribution in [0.25, 0.3) is 0 Å². The molecule has 2 fully saturated rings. The van der Waals surface area contributed by atoms with E-state index in [1.165, 1.54) is 32.1 Å². The predicted octanol–water partition coefficient (Wildman–Crippen LogP) is 3.52. The van der Waals surface area contributed by atoms with Crippen LogP contribution in [0.1, 0.15) is 44.6 Å². The van der Waals surface area contributed by atoms with Crippen molar-refractivity contribution in [3.8, 4) is 5.75 Å². The van der Waals surface area contributed by atoms with E-state index in [1.54, 1.807) is 7.11 Å². The van der Waals surface area contributed by atoms with Crippen LogP contribution in [0.5, 0.6) is 5.75 Å². The van der Waals surface area contributed by atoms with E-state index in [4.69, 9.17) is 15.2 Å². The van der Waals surface area contributed by atoms with Gasteiger partial charge in [-0.2, -0.15) is 0 Å². The standard InChI is InChI=1S/C20H32N2O2.ClH/c1-19(13-21,17-7-8-17)22-14-20(9-4-10-20)15-24-18-6-3-5-16(11-18)12-23-2;/h3,5-6,11,17,22H,4,7-10,12-15,21H2,1-2H3;1H. The number of hydrogen-bond donors (Lipinski definition) is 2. The van der Waals surface area contributed by atoms with Crippen molar-refractivity contribution in [1.29, 1.82) is 0 Å². The molecule has 0 amide bonds. The van der Waals surface area contributed by atoms with Gasteiger partial charge in [-0.15, -0.1) is 12.4 Å². The van der Waals surface area contributed by atoms with Gasteiger partial charge in [-0.1, -0.05) is 18.6 Å². The number of nitrogens with one attached hydrogen (secondary N) is 1. The number of ether oxygens (including phenoxy) is 2. The molecular formula is C20H33ClN2O2. The van der Waals surface area contributed by atoms with Crippen molar-refractivity contribution in [2.24, 2.45) is 17.1 Å². The molecular weight excluding hydrogens is 336 g/mol. The van der Waals surface area contributed by atoms with Crippen LogP contribution < -0.4 is 15.8 Å². The highest BCUT2D eigenvalue weighted by atomic mass is 35.5. The summed E-state index contributed by atoms with van der Waals surface area (Å²) in [6.45, 7) is 5.41. The Labute approximate surface area is 158 Å². The molecule has 0 bridgehead atoms. The van der Waals surface area contributed by atoms with Crippen molar-refractivity contribution < 1.29 is 9.47 Å². The third-order valence-corrected chi connectivity index (χ3v) is 5.94. The molecule has 3 N–H and O–H groups in total. The molecule has 4 nitrogen and oxygen atoms in total. The lowest BCUT2D eigenvalue weighted by atomic mass is 9.69. The Morgan fingerprint density at radius 3 is 2.64 bits per heavy atom. The fraction of sp³-hybridized carbons (Fsp3) is 0.700. The summed E-state index contributed by atoms with van der Waals surface area (Å²) in [5, 5.41) is 3.79. The molecule has 3 rings (SSSR count). The van der Waals surface area contributed by atoms with Crippen molar-refractivity contribution in [2.45, 2.75) is 51.2 Å². The van der Waals surface area contributed by atoms with Crippen LogP contribution in [0, 0.1) is 11.3 Å². The second kappa shape index (κ2) is 8.72. The number of halogens is 1. The molecule has 2 aliphatic rings. The average molecular weight is 369 g/mol. The third-order valence-electron chi connectivity index (χ3n) is 5.94. The molecule has 1 aromatic rings. The van der Waals surface area contributed by atoms with E-state index in [-0.39, 0.29) is 23.4 Å². The zero-order valence-electron chi connectivity index (χ0n) is 15.6. The molecule has 142 valence electrons. The summed E-state index contributed by atoms with van der Waals surface area (Å²) in [6, 6.07) is 8.22. The molecule has 1 atom stereocenters. The molecule has 0 radical (unpaired) electrons. The first-order valence-corrected chi connectivity index (χ1v) is 9.25. The van der Waals surface area contributed by atoms with Crippen molar-refractivity contribution in [3.63, 3.8) is 0 Å². The van der Waals surface area contributed by atoms with Crippen LogP contribution in [-0.2, 0) is 11.3 Å². The van der Waals surface area contributed by atoms with E-state index in [0.29, 0.717) is 13.2 Å². The molecule has 0 aliphatic heterocycles. The van der Waals surface area contributed by atoms with Crippen molar-refractivity contribution in [3.05, 3.63) is 29.8 Å². The molecule has 0 heterocycles. The molecule has 0 aromatic heterocycles. The summed E-state index contributed by atoms with van der Waals surface area (Å²) in [5.41, 5.74) is 7.56. The fourth-order valence-corrected chi connectivity index (χ4v) is 3.67. The smallest absolute Gasteiger partial charge is 0.119 e. The molecule has 1 aromatic carbocycles. The van der Waals surface area contributed by atoms with Crippen LogP contribution in [0.4, 0.5) is 0 Å². The first-order chi connectivity index (χ1) is 11.6. The first-order valence-electron chi connectivity index (χ1n) is 9.25. The van der Waals surface area contributed by atoms with Gasteiger partial charge in [-0.05, 0) is 56.2 Å². The van der Waals surface area contributed by atoms with Crippen LogP contribution in [0.3, 0.4) is 0 Å². The number of benzene rings is 1. The van der Waals surface area contributed by atoms with Crippen LogP contribution in [0.15, 0.2) is 24.3 Å². The zero-order chi connectivity index (χ0) is 17.0. The highest BCUT2D eigenvalue weighted by Gasteiger charge is 2.44. The maximum absolute atomic E-state index is 6.15. The number of hydrogen-bond acceptors (Lipinski definition) is 4. The largest absolute Gasteiger partial charge is 0.493 e. The Bertz CT molecular complexity index is 546. The van der Waals surface area contributed by atoms with E-state index in [1.807, 2.05) is 12.1 Å². The maximum atomic E-state index is 6.15. The van der Waals surface area contributed by atoms with E-state index in [2.05, 4.69) is 24.4 Å². The lowest BCUT2D eigenvalue weighted by molar-refractivity contribution is 0.0474. The van der Waals surface area contributed by atoms with Crippen LogP contribution in [-0.4, -0.2) is 32.3 Å². The van der Waals surface area contributed by atoms with Gasteiger partial charge in [0.1, 0.15) is 5.75 Å². The van der Waals surface area contributed by atoms with Crippen molar-refractivity contribution in [2.75, 3.05) is 26.8 Å². The number of methoxy groups -OCH3 is 1. The summed E-state index contributed by atoms with van der Waals surface area (Å²) < 4.78 is 11.3. The van der Waals surface area contributed by atoms with Gasteiger partial charge in [0.15, 0.2) is 0 Å². The summed E-state index contributed by atoms with van der Waals surface area (Å²) >= 11 is 0. The summed E-state index contributed by atoms with van der Waals surface area (Å²) in [7, 11) is 1.72. The minimum atomic E-state index is 0. The second-order valence-electron chi connectivity index (χ2n) is 7.97. The molecule has 25 heavy (non-hydrogen) atoms. The normalized spacial score (nSPS) is 20.9. The van der Waals surface area contributed by atoms with E-state index < -0.39 is 0 Å². The highest BCUT2D eigenvalue weighted by molar-refractivity contribution is 5.85. The third kappa shape index (κ3) is 5.10. The van der Waals surface area contributed by atoms with Crippen LogP contribution in [0.2, 0.25) is 0 Å². The van der Waals surface area contributed by atoms with Crippen LogP contribution >= 0.6 is 12.4 Å². The topological polar surface area (TPSA) is 56.5 Å². The molecule has 0 saturated heterocycles. The van der Waals surface area contributed by atoms with Gasteiger partial charge in [0.2, 0.25) is 0 Å². The predicted molar refractivity (Wildman–Crippen MR) is 104 cm³/mol. The van der Waals surface area contributed by atoms with E-state index >= 15 is 0 Å². The van der Waals surface area contributed by atoms with Gasteiger partial charge in [0.25, 0.3) is 0 Å². The minimum Gasteiger partial charge on any atom is -0.493 e. The monoisotopic (exact) mass is 368 g/mol. The molecule has 5 heteroatoms. The van der Waals surface area contributed by atoms with Crippen molar-refractivity contribution in [1.82, 2.24) is 5.32 Å². The molecule has 2 saturated carbocycles. The lowest BCUT2D eigenvalue weighted by Gasteiger charge is -2.44. The summed E-state index contributed by atoms with van der Waals surface area (Å²) in [4.78, 5) is 0. The number of rotatable bonds is 10. The Morgan fingerprint density at radius 1 is 1.32 bits per heavy atom. The Kier molecular flexibility index (Phi) is 7.15. The highest BCUT2D eigenvalue weighted by Crippen LogP contribution is 2.43. The molecule has 0 spiro atoms. The Morgan fingerprint density at radius 2 is 2.08 bits per heavy atom. The maximum Gasteiger partial charge on any atom is 0.119 e. The average Bonchev–Trinajstić information content (AvgIpc) is 3.39. The second-order valence-corrected chi connectivity index (χ2v) is 7.97. The van der Waals surface area contributed by atoms with Gasteiger partial charge < -0.3 is 20.5 Å². The van der Waals surface area contributed by atoms with Gasteiger partial charge in [0.05, 0.1) is 13.2 Å². The number of nitrogens with two attached hydrogens (primary N) is 1. The van der Waals surface area contributed by atoms with Crippen molar-refractivity contribution >= 4 is 12.4 Å².